The monoisotopic (exact) mass is 328 g/mol. The van der Waals surface area contributed by atoms with Gasteiger partial charge in [-0.25, -0.2) is 9.80 Å². The normalized spacial score (nSPS) is 13.7. The molecule has 0 bridgehead atoms. The van der Waals surface area contributed by atoms with Crippen LogP contribution in [0.25, 0.3) is 0 Å². The number of amidine groups is 1. The molecule has 24 heavy (non-hydrogen) atoms. The Balaban J connectivity index is 2.22. The van der Waals surface area contributed by atoms with Gasteiger partial charge in [-0.15, -0.1) is 0 Å². The largest absolute Gasteiger partial charge is 0.752 e. The molecule has 0 spiro atoms. The summed E-state index contributed by atoms with van der Waals surface area (Å²) in [7, 11) is 0. The average molecular weight is 328 g/mol. The summed E-state index contributed by atoms with van der Waals surface area (Å²) in [5, 5.41) is 19.1. The molecular weight excluding hydrogens is 310 g/mol. The van der Waals surface area contributed by atoms with Gasteiger partial charge in [0.15, 0.2) is 5.82 Å². The number of hydrazone groups is 1. The lowest BCUT2D eigenvalue weighted by Crippen LogP contribution is -2.45. The molecule has 2 heterocycles. The summed E-state index contributed by atoms with van der Waals surface area (Å²) in [5.41, 5.74) is -0.652. The van der Waals surface area contributed by atoms with Gasteiger partial charge in [0.1, 0.15) is 11.5 Å². The Morgan fingerprint density at radius 2 is 1.88 bits per heavy atom. The third kappa shape index (κ3) is 2.50. The molecule has 0 amide bonds. The molecule has 1 N–H and O–H groups in total. The average Bonchev–Trinajstić information content (AvgIpc) is 2.59. The van der Waals surface area contributed by atoms with Crippen molar-refractivity contribution in [1.82, 2.24) is 9.55 Å². The second-order valence-corrected chi connectivity index (χ2v) is 5.38. The molecule has 1 aliphatic rings. The maximum atomic E-state index is 12.8. The molecule has 8 heteroatoms. The van der Waals surface area contributed by atoms with Crippen LogP contribution in [0.15, 0.2) is 45.0 Å². The number of benzene rings is 1. The minimum Gasteiger partial charge on any atom is -0.752 e. The van der Waals surface area contributed by atoms with E-state index in [2.05, 4.69) is 10.1 Å². The molecule has 0 atom stereocenters. The van der Waals surface area contributed by atoms with Gasteiger partial charge in [0, 0.05) is 18.7 Å². The number of hydrogen-bond donors (Lipinski definition) is 1. The number of hydroxylamine groups is 1. The summed E-state index contributed by atoms with van der Waals surface area (Å²) in [6, 6.07) is 8.91. The van der Waals surface area contributed by atoms with E-state index in [9.17, 15) is 14.8 Å². The maximum absolute atomic E-state index is 12.8. The highest BCUT2D eigenvalue weighted by Gasteiger charge is 2.26. The van der Waals surface area contributed by atoms with Crippen LogP contribution in [0.4, 0.5) is 11.5 Å². The molecule has 8 nitrogen and oxygen atoms in total. The predicted molar refractivity (Wildman–Crippen MR) is 93.5 cm³/mol. The molecule has 1 aliphatic heterocycles. The number of fused-ring (bicyclic) bond motifs is 1. The summed E-state index contributed by atoms with van der Waals surface area (Å²) in [6.07, 6.45) is 0.609. The van der Waals surface area contributed by atoms with Gasteiger partial charge in [-0.1, -0.05) is 37.3 Å². The van der Waals surface area contributed by atoms with E-state index in [1.54, 1.807) is 24.3 Å². The van der Waals surface area contributed by atoms with Crippen LogP contribution in [-0.2, 0) is 6.54 Å². The second-order valence-electron chi connectivity index (χ2n) is 5.38. The molecule has 1 aromatic heterocycles. The second kappa shape index (κ2) is 6.32. The van der Waals surface area contributed by atoms with E-state index in [-0.39, 0.29) is 23.9 Å². The zero-order chi connectivity index (χ0) is 17.3. The molecule has 0 aliphatic carbocycles. The van der Waals surface area contributed by atoms with E-state index < -0.39 is 11.2 Å². The first-order chi connectivity index (χ1) is 11.6. The first-order valence-electron chi connectivity index (χ1n) is 7.84. The smallest absolute Gasteiger partial charge is 0.330 e. The van der Waals surface area contributed by atoms with Gasteiger partial charge >= 0.3 is 5.69 Å². The van der Waals surface area contributed by atoms with E-state index in [1.165, 1.54) is 5.01 Å². The summed E-state index contributed by atoms with van der Waals surface area (Å²) in [5.74, 6) is 0.256. The highest BCUT2D eigenvalue weighted by atomic mass is 16.5. The van der Waals surface area contributed by atoms with Crippen molar-refractivity contribution in [2.75, 3.05) is 16.6 Å². The Morgan fingerprint density at radius 1 is 1.17 bits per heavy atom. The zero-order valence-electron chi connectivity index (χ0n) is 13.5. The summed E-state index contributed by atoms with van der Waals surface area (Å²) < 4.78 is 1.05. The highest BCUT2D eigenvalue weighted by molar-refractivity contribution is 6.13. The first-order valence-corrected chi connectivity index (χ1v) is 7.84. The zero-order valence-corrected chi connectivity index (χ0v) is 13.5. The van der Waals surface area contributed by atoms with Gasteiger partial charge in [-0.05, 0) is 13.3 Å². The lowest BCUT2D eigenvalue weighted by molar-refractivity contribution is 0.612. The summed E-state index contributed by atoms with van der Waals surface area (Å²) in [4.78, 5) is 27.4. The van der Waals surface area contributed by atoms with Crippen LogP contribution in [0.3, 0.4) is 0 Å². The third-order valence-electron chi connectivity index (χ3n) is 3.79. The summed E-state index contributed by atoms with van der Waals surface area (Å²) in [6.45, 7) is 4.34. The van der Waals surface area contributed by atoms with Crippen LogP contribution in [0, 0.1) is 5.21 Å². The molecule has 0 radical (unpaired) electrons. The number of nitrogens with zero attached hydrogens (tertiary/aromatic N) is 4. The predicted octanol–water partition coefficient (Wildman–Crippen LogP) is 1.45. The molecule has 0 unspecified atom stereocenters. The lowest BCUT2D eigenvalue weighted by Gasteiger charge is -2.38. The molecule has 0 fully saturated rings. The van der Waals surface area contributed by atoms with Gasteiger partial charge in [-0.3, -0.25) is 14.3 Å². The molecule has 3 rings (SSSR count). The number of rotatable bonds is 4. The Bertz CT molecular complexity index is 885. The van der Waals surface area contributed by atoms with Gasteiger partial charge in [0.2, 0.25) is 0 Å². The molecule has 2 aromatic rings. The van der Waals surface area contributed by atoms with Crippen LogP contribution in [0.2, 0.25) is 0 Å². The van der Waals surface area contributed by atoms with Crippen molar-refractivity contribution in [3.63, 3.8) is 0 Å². The number of anilines is 2. The lowest BCUT2D eigenvalue weighted by atomic mass is 10.2. The number of aromatic amines is 1. The number of hydrogen-bond acceptors (Lipinski definition) is 6. The standard InChI is InChI=1S/C16H18N5O3/c1-3-10-19-15(22)12-14(17-16(19)23)20(4-2)18-13(21(12)24)11-8-6-5-7-9-11/h5-9H,3-4,10H2,1-2H3,(H,17,23)/q-1. The van der Waals surface area contributed by atoms with Gasteiger partial charge < -0.3 is 10.3 Å². The van der Waals surface area contributed by atoms with Crippen molar-refractivity contribution in [2.24, 2.45) is 5.10 Å². The SMILES string of the molecule is CCCn1c(=O)[nH]c2c(c1=O)N([O-])C(c1ccccc1)=NN2CC. The Morgan fingerprint density at radius 3 is 2.50 bits per heavy atom. The van der Waals surface area contributed by atoms with Crippen molar-refractivity contribution in [2.45, 2.75) is 26.8 Å². The topological polar surface area (TPSA) is 96.8 Å². The van der Waals surface area contributed by atoms with E-state index in [0.717, 1.165) is 4.57 Å². The fourth-order valence-corrected chi connectivity index (χ4v) is 2.65. The Kier molecular flexibility index (Phi) is 4.22. The van der Waals surface area contributed by atoms with Gasteiger partial charge in [0.05, 0.1) is 0 Å². The van der Waals surface area contributed by atoms with E-state index in [0.29, 0.717) is 23.6 Å². The molecule has 0 saturated carbocycles. The van der Waals surface area contributed by atoms with E-state index in [1.807, 2.05) is 19.9 Å². The first kappa shape index (κ1) is 16.0. The van der Waals surface area contributed by atoms with Crippen LogP contribution in [0.5, 0.6) is 0 Å². The quantitative estimate of drug-likeness (QED) is 0.916. The molecular formula is C16H18N5O3-. The minimum atomic E-state index is -0.604. The Hall–Kier alpha value is -2.87. The molecule has 0 saturated heterocycles. The van der Waals surface area contributed by atoms with Crippen molar-refractivity contribution in [3.05, 3.63) is 61.9 Å². The number of aromatic nitrogens is 2. The van der Waals surface area contributed by atoms with E-state index >= 15 is 0 Å². The van der Waals surface area contributed by atoms with Crippen LogP contribution >= 0.6 is 0 Å². The van der Waals surface area contributed by atoms with Gasteiger partial charge in [0.25, 0.3) is 5.56 Å². The summed E-state index contributed by atoms with van der Waals surface area (Å²) >= 11 is 0. The fourth-order valence-electron chi connectivity index (χ4n) is 2.65. The minimum absolute atomic E-state index is 0.112. The van der Waals surface area contributed by atoms with Crippen LogP contribution < -0.4 is 21.3 Å². The van der Waals surface area contributed by atoms with Crippen molar-refractivity contribution >= 4 is 17.3 Å². The van der Waals surface area contributed by atoms with E-state index in [4.69, 9.17) is 0 Å². The van der Waals surface area contributed by atoms with Crippen molar-refractivity contribution < 1.29 is 0 Å². The number of nitrogens with one attached hydrogen (secondary N) is 1. The maximum Gasteiger partial charge on any atom is 0.330 e. The fraction of sp³-hybridized carbons (Fsp3) is 0.312. The molecule has 1 aromatic carbocycles. The van der Waals surface area contributed by atoms with Crippen LogP contribution in [-0.4, -0.2) is 21.9 Å². The third-order valence-corrected chi connectivity index (χ3v) is 3.79. The highest BCUT2D eigenvalue weighted by Crippen LogP contribution is 2.28. The van der Waals surface area contributed by atoms with Crippen molar-refractivity contribution in [3.8, 4) is 0 Å². The van der Waals surface area contributed by atoms with Crippen molar-refractivity contribution in [1.29, 1.82) is 0 Å². The number of H-pyrrole nitrogens is 1. The van der Waals surface area contributed by atoms with Crippen LogP contribution in [0.1, 0.15) is 25.8 Å². The Labute approximate surface area is 138 Å². The molecule has 126 valence electrons. The van der Waals surface area contributed by atoms with Gasteiger partial charge in [-0.2, -0.15) is 5.10 Å².